The highest BCUT2D eigenvalue weighted by Gasteiger charge is 2.33. The van der Waals surface area contributed by atoms with Gasteiger partial charge in [-0.25, -0.2) is 0 Å². The smallest absolute Gasteiger partial charge is 0.276 e. The number of carbonyl (C=O) groups excluding carboxylic acids is 1. The van der Waals surface area contributed by atoms with Crippen LogP contribution in [0.1, 0.15) is 44.7 Å². The molecule has 24 heavy (non-hydrogen) atoms. The summed E-state index contributed by atoms with van der Waals surface area (Å²) in [5.41, 5.74) is 2.90. The number of nitrogens with zero attached hydrogens (tertiary/aromatic N) is 1. The number of benzene rings is 1. The Balaban J connectivity index is 1.73. The van der Waals surface area contributed by atoms with Gasteiger partial charge >= 0.3 is 0 Å². The van der Waals surface area contributed by atoms with Crippen molar-refractivity contribution in [3.8, 4) is 0 Å². The molecule has 4 nitrogen and oxygen atoms in total. The fraction of sp³-hybridized carbons (Fsp3) is 0.474. The number of carbonyl (C=O) groups is 1. The highest BCUT2D eigenvalue weighted by Crippen LogP contribution is 2.23. The van der Waals surface area contributed by atoms with Crippen molar-refractivity contribution in [1.29, 1.82) is 0 Å². The molecule has 0 bridgehead atoms. The zero-order valence-corrected chi connectivity index (χ0v) is 15.3. The lowest BCUT2D eigenvalue weighted by molar-refractivity contribution is -0.123. The maximum absolute atomic E-state index is 12.6. The molecule has 0 aliphatic carbocycles. The van der Waals surface area contributed by atoms with Crippen molar-refractivity contribution < 1.29 is 9.53 Å². The summed E-state index contributed by atoms with van der Waals surface area (Å²) in [6, 6.07) is 8.28. The molecule has 1 aromatic carbocycles. The number of hydrogen-bond donors (Lipinski definition) is 1. The van der Waals surface area contributed by atoms with Gasteiger partial charge in [-0.2, -0.15) is 0 Å². The van der Waals surface area contributed by atoms with Gasteiger partial charge in [0.2, 0.25) is 0 Å². The van der Waals surface area contributed by atoms with Crippen LogP contribution in [-0.2, 0) is 14.9 Å². The molecule has 2 aliphatic rings. The molecular formula is C19H24N2O2S. The van der Waals surface area contributed by atoms with Gasteiger partial charge in [0.1, 0.15) is 5.70 Å². The summed E-state index contributed by atoms with van der Waals surface area (Å²) < 4.78 is 5.61. The number of nitrogens with one attached hydrogen (secondary N) is 1. The standard InChI is InChI=1S/C19H24N2O2S/c1-19(2,3)14-8-6-13(7-9-14)11-16-17(22)21(18(24)20-16)12-15-5-4-10-23-15/h6-9,11,15H,4-5,10,12H2,1-3H3,(H,20,24)/b16-11+. The molecule has 1 unspecified atom stereocenters. The Morgan fingerprint density at radius 3 is 2.62 bits per heavy atom. The van der Waals surface area contributed by atoms with Crippen molar-refractivity contribution in [2.45, 2.75) is 45.1 Å². The van der Waals surface area contributed by atoms with E-state index in [1.165, 1.54) is 5.56 Å². The summed E-state index contributed by atoms with van der Waals surface area (Å²) >= 11 is 5.31. The van der Waals surface area contributed by atoms with Crippen molar-refractivity contribution in [2.75, 3.05) is 13.2 Å². The summed E-state index contributed by atoms with van der Waals surface area (Å²) in [5, 5.41) is 3.50. The molecule has 1 aromatic rings. The molecule has 2 aliphatic heterocycles. The van der Waals surface area contributed by atoms with Crippen LogP contribution >= 0.6 is 12.2 Å². The monoisotopic (exact) mass is 344 g/mol. The fourth-order valence-electron chi connectivity index (χ4n) is 2.98. The van der Waals surface area contributed by atoms with Gasteiger partial charge in [0.05, 0.1) is 12.6 Å². The summed E-state index contributed by atoms with van der Waals surface area (Å²) in [5.74, 6) is -0.0737. The molecule has 0 spiro atoms. The fourth-order valence-corrected chi connectivity index (χ4v) is 3.24. The molecule has 1 amide bonds. The summed E-state index contributed by atoms with van der Waals surface area (Å²) in [6.07, 6.45) is 3.99. The van der Waals surface area contributed by atoms with Crippen LogP contribution in [0.4, 0.5) is 0 Å². The van der Waals surface area contributed by atoms with Crippen LogP contribution in [0.15, 0.2) is 30.0 Å². The zero-order valence-electron chi connectivity index (χ0n) is 14.5. The van der Waals surface area contributed by atoms with Crippen molar-refractivity contribution >= 4 is 29.3 Å². The number of rotatable bonds is 3. The van der Waals surface area contributed by atoms with Gasteiger partial charge in [-0.15, -0.1) is 0 Å². The first-order chi connectivity index (χ1) is 11.3. The van der Waals surface area contributed by atoms with Crippen LogP contribution in [0, 0.1) is 0 Å². The van der Waals surface area contributed by atoms with Gasteiger partial charge < -0.3 is 10.1 Å². The van der Waals surface area contributed by atoms with E-state index in [4.69, 9.17) is 17.0 Å². The van der Waals surface area contributed by atoms with Crippen molar-refractivity contribution in [3.63, 3.8) is 0 Å². The van der Waals surface area contributed by atoms with E-state index in [2.05, 4.69) is 38.2 Å². The van der Waals surface area contributed by atoms with E-state index < -0.39 is 0 Å². The van der Waals surface area contributed by atoms with Crippen LogP contribution in [-0.4, -0.2) is 35.2 Å². The molecule has 1 atom stereocenters. The van der Waals surface area contributed by atoms with Crippen molar-refractivity contribution in [3.05, 3.63) is 41.1 Å². The first-order valence-corrected chi connectivity index (χ1v) is 8.82. The number of thiocarbonyl (C=S) groups is 1. The third-order valence-corrected chi connectivity index (χ3v) is 4.78. The first-order valence-electron chi connectivity index (χ1n) is 8.41. The minimum atomic E-state index is -0.0737. The SMILES string of the molecule is CC(C)(C)c1ccc(/C=C2/NC(=S)N(CC3CCCO3)C2=O)cc1. The Morgan fingerprint density at radius 1 is 1.33 bits per heavy atom. The number of amides is 1. The van der Waals surface area contributed by atoms with Crippen molar-refractivity contribution in [1.82, 2.24) is 10.2 Å². The van der Waals surface area contributed by atoms with Crippen LogP contribution < -0.4 is 5.32 Å². The molecule has 0 aromatic heterocycles. The molecular weight excluding hydrogens is 320 g/mol. The lowest BCUT2D eigenvalue weighted by atomic mass is 9.87. The van der Waals surface area contributed by atoms with Crippen molar-refractivity contribution in [2.24, 2.45) is 0 Å². The quantitative estimate of drug-likeness (QED) is 0.675. The highest BCUT2D eigenvalue weighted by molar-refractivity contribution is 7.80. The normalized spacial score (nSPS) is 23.2. The molecule has 0 saturated carbocycles. The highest BCUT2D eigenvalue weighted by atomic mass is 32.1. The maximum atomic E-state index is 12.6. The Labute approximate surface area is 148 Å². The third kappa shape index (κ3) is 3.68. The third-order valence-electron chi connectivity index (χ3n) is 4.46. The number of ether oxygens (including phenoxy) is 1. The minimum absolute atomic E-state index is 0.0737. The largest absolute Gasteiger partial charge is 0.376 e. The van der Waals surface area contributed by atoms with E-state index in [1.54, 1.807) is 4.90 Å². The van der Waals surface area contributed by atoms with Crippen LogP contribution in [0.2, 0.25) is 0 Å². The average molecular weight is 344 g/mol. The minimum Gasteiger partial charge on any atom is -0.376 e. The zero-order chi connectivity index (χ0) is 17.3. The van der Waals surface area contributed by atoms with Gasteiger partial charge in [-0.1, -0.05) is 45.0 Å². The Hall–Kier alpha value is -1.72. The second-order valence-electron chi connectivity index (χ2n) is 7.41. The van der Waals surface area contributed by atoms with Gasteiger partial charge in [0, 0.05) is 6.61 Å². The lowest BCUT2D eigenvalue weighted by Crippen LogP contribution is -2.37. The van der Waals surface area contributed by atoms with Gasteiger partial charge in [0.25, 0.3) is 5.91 Å². The predicted molar refractivity (Wildman–Crippen MR) is 99.5 cm³/mol. The molecule has 128 valence electrons. The van der Waals surface area contributed by atoms with Crippen LogP contribution in [0.5, 0.6) is 0 Å². The second kappa shape index (κ2) is 6.65. The number of hydrogen-bond acceptors (Lipinski definition) is 3. The summed E-state index contributed by atoms with van der Waals surface area (Å²) in [4.78, 5) is 14.2. The van der Waals surface area contributed by atoms with Gasteiger partial charge in [0.15, 0.2) is 5.11 Å². The molecule has 0 radical (unpaired) electrons. The molecule has 1 N–H and O–H groups in total. The summed E-state index contributed by atoms with van der Waals surface area (Å²) in [6.45, 7) is 7.86. The maximum Gasteiger partial charge on any atom is 0.276 e. The predicted octanol–water partition coefficient (Wildman–Crippen LogP) is 3.22. The Morgan fingerprint density at radius 2 is 2.04 bits per heavy atom. The molecule has 5 heteroatoms. The van der Waals surface area contributed by atoms with Crippen LogP contribution in [0.3, 0.4) is 0 Å². The Bertz CT molecular complexity index is 668. The van der Waals surface area contributed by atoms with E-state index in [0.717, 1.165) is 25.0 Å². The lowest BCUT2D eigenvalue weighted by Gasteiger charge is -2.18. The van der Waals surface area contributed by atoms with E-state index in [1.807, 2.05) is 18.2 Å². The van der Waals surface area contributed by atoms with Gasteiger partial charge in [-0.3, -0.25) is 9.69 Å². The van der Waals surface area contributed by atoms with E-state index in [9.17, 15) is 4.79 Å². The molecule has 3 rings (SSSR count). The molecule has 2 fully saturated rings. The Kier molecular flexibility index (Phi) is 4.74. The van der Waals surface area contributed by atoms with E-state index in [0.29, 0.717) is 17.4 Å². The topological polar surface area (TPSA) is 41.6 Å². The van der Waals surface area contributed by atoms with Crippen LogP contribution in [0.25, 0.3) is 6.08 Å². The van der Waals surface area contributed by atoms with Gasteiger partial charge in [-0.05, 0) is 47.7 Å². The molecule has 2 saturated heterocycles. The van der Waals surface area contributed by atoms with E-state index in [-0.39, 0.29) is 17.4 Å². The second-order valence-corrected chi connectivity index (χ2v) is 7.80. The average Bonchev–Trinajstić information content (AvgIpc) is 3.12. The molecule has 2 heterocycles. The van der Waals surface area contributed by atoms with E-state index >= 15 is 0 Å². The first kappa shape index (κ1) is 17.1. The summed E-state index contributed by atoms with van der Waals surface area (Å²) in [7, 11) is 0.